The van der Waals surface area contributed by atoms with E-state index in [0.29, 0.717) is 18.0 Å². The third-order valence-corrected chi connectivity index (χ3v) is 5.77. The summed E-state index contributed by atoms with van der Waals surface area (Å²) in [6.45, 7) is 2.37. The Bertz CT molecular complexity index is 1320. The van der Waals surface area contributed by atoms with E-state index in [9.17, 15) is 18.5 Å². The smallest absolute Gasteiger partial charge is 0.339 e. The van der Waals surface area contributed by atoms with E-state index in [4.69, 9.17) is 20.5 Å². The van der Waals surface area contributed by atoms with Crippen molar-refractivity contribution in [2.75, 3.05) is 11.9 Å². The summed E-state index contributed by atoms with van der Waals surface area (Å²) in [4.78, 5) is 12.6. The predicted molar refractivity (Wildman–Crippen MR) is 126 cm³/mol. The van der Waals surface area contributed by atoms with E-state index in [1.54, 1.807) is 42.5 Å². The normalized spacial score (nSPS) is 11.4. The summed E-state index contributed by atoms with van der Waals surface area (Å²) in [7, 11) is -4.14. The number of nitrogens with one attached hydrogen (secondary N) is 1. The summed E-state index contributed by atoms with van der Waals surface area (Å²) in [6, 6.07) is 20.3. The van der Waals surface area contributed by atoms with Crippen LogP contribution in [0.15, 0.2) is 83.3 Å². The standard InChI is InChI=1S/C24H19ClN2O5S/c1-2-31-21-11-9-20(10-12-21)27-24(28)18(16-26)14-17-15-19(25)8-13-23(17)32-33(29,30)22-6-4-3-5-7-22/h3-15H,2H2,1H3,(H,27,28)/b18-14+. The Morgan fingerprint density at radius 1 is 1.09 bits per heavy atom. The van der Waals surface area contributed by atoms with E-state index >= 15 is 0 Å². The van der Waals surface area contributed by atoms with Crippen LogP contribution < -0.4 is 14.2 Å². The van der Waals surface area contributed by atoms with Crippen LogP contribution in [0.25, 0.3) is 6.08 Å². The number of ether oxygens (including phenoxy) is 1. The minimum Gasteiger partial charge on any atom is -0.494 e. The molecule has 0 radical (unpaired) electrons. The predicted octanol–water partition coefficient (Wildman–Crippen LogP) is 5.05. The van der Waals surface area contributed by atoms with Gasteiger partial charge in [-0.1, -0.05) is 29.8 Å². The quantitative estimate of drug-likeness (QED) is 0.273. The van der Waals surface area contributed by atoms with E-state index in [2.05, 4.69) is 5.32 Å². The molecule has 0 bridgehead atoms. The number of amides is 1. The van der Waals surface area contributed by atoms with Gasteiger partial charge in [0.1, 0.15) is 28.0 Å². The topological polar surface area (TPSA) is 105 Å². The van der Waals surface area contributed by atoms with Crippen LogP contribution in [0.1, 0.15) is 12.5 Å². The molecule has 33 heavy (non-hydrogen) atoms. The number of nitrogens with zero attached hydrogens (tertiary/aromatic N) is 1. The largest absolute Gasteiger partial charge is 0.494 e. The molecule has 9 heteroatoms. The van der Waals surface area contributed by atoms with E-state index in [0.717, 1.165) is 0 Å². The molecule has 0 saturated carbocycles. The monoisotopic (exact) mass is 482 g/mol. The lowest BCUT2D eigenvalue weighted by molar-refractivity contribution is -0.112. The fraction of sp³-hybridized carbons (Fsp3) is 0.0833. The Morgan fingerprint density at radius 2 is 1.79 bits per heavy atom. The Kier molecular flexibility index (Phi) is 7.72. The number of hydrogen-bond acceptors (Lipinski definition) is 6. The van der Waals surface area contributed by atoms with Gasteiger partial charge in [-0.2, -0.15) is 13.7 Å². The van der Waals surface area contributed by atoms with Crippen molar-refractivity contribution >= 4 is 39.4 Å². The molecule has 3 aromatic carbocycles. The molecular formula is C24H19ClN2O5S. The number of carbonyl (C=O) groups excluding carboxylic acids is 1. The van der Waals surface area contributed by atoms with Crippen molar-refractivity contribution in [1.82, 2.24) is 0 Å². The summed E-state index contributed by atoms with van der Waals surface area (Å²) in [6.07, 6.45) is 1.21. The molecular weight excluding hydrogens is 464 g/mol. The second kappa shape index (κ2) is 10.7. The third kappa shape index (κ3) is 6.35. The fourth-order valence-corrected chi connectivity index (χ4v) is 3.92. The Hall–Kier alpha value is -3.80. The zero-order valence-electron chi connectivity index (χ0n) is 17.5. The van der Waals surface area contributed by atoms with Gasteiger partial charge < -0.3 is 14.2 Å². The van der Waals surface area contributed by atoms with Gasteiger partial charge in [0, 0.05) is 16.3 Å². The third-order valence-electron chi connectivity index (χ3n) is 4.29. The van der Waals surface area contributed by atoms with Crippen LogP contribution in [0.3, 0.4) is 0 Å². The summed E-state index contributed by atoms with van der Waals surface area (Å²) in [5.41, 5.74) is 0.340. The molecule has 3 aromatic rings. The van der Waals surface area contributed by atoms with Gasteiger partial charge in [-0.25, -0.2) is 0 Å². The van der Waals surface area contributed by atoms with Crippen LogP contribution in [-0.2, 0) is 14.9 Å². The molecule has 0 unspecified atom stereocenters. The van der Waals surface area contributed by atoms with Gasteiger partial charge in [-0.15, -0.1) is 0 Å². The lowest BCUT2D eigenvalue weighted by Gasteiger charge is -2.11. The second-order valence-electron chi connectivity index (χ2n) is 6.61. The number of benzene rings is 3. The second-order valence-corrected chi connectivity index (χ2v) is 8.60. The number of rotatable bonds is 8. The fourth-order valence-electron chi connectivity index (χ4n) is 2.77. The molecule has 1 amide bonds. The molecule has 0 aromatic heterocycles. The van der Waals surface area contributed by atoms with E-state index in [1.165, 1.54) is 36.4 Å². The molecule has 168 valence electrons. The molecule has 0 spiro atoms. The van der Waals surface area contributed by atoms with Gasteiger partial charge >= 0.3 is 10.1 Å². The first-order valence-electron chi connectivity index (χ1n) is 9.77. The van der Waals surface area contributed by atoms with E-state index < -0.39 is 16.0 Å². The van der Waals surface area contributed by atoms with E-state index in [-0.39, 0.29) is 26.8 Å². The Labute approximate surface area is 197 Å². The summed E-state index contributed by atoms with van der Waals surface area (Å²) in [5, 5.41) is 12.4. The van der Waals surface area contributed by atoms with Crippen molar-refractivity contribution in [3.8, 4) is 17.6 Å². The summed E-state index contributed by atoms with van der Waals surface area (Å²) in [5.74, 6) is -0.115. The molecule has 0 saturated heterocycles. The highest BCUT2D eigenvalue weighted by molar-refractivity contribution is 7.87. The average Bonchev–Trinajstić information content (AvgIpc) is 2.81. The van der Waals surface area contributed by atoms with Crippen LogP contribution in [0, 0.1) is 11.3 Å². The molecule has 1 N–H and O–H groups in total. The Balaban J connectivity index is 1.88. The highest BCUT2D eigenvalue weighted by Crippen LogP contribution is 2.28. The molecule has 0 aliphatic heterocycles. The van der Waals surface area contributed by atoms with Crippen LogP contribution in [0.4, 0.5) is 5.69 Å². The van der Waals surface area contributed by atoms with Crippen molar-refractivity contribution in [1.29, 1.82) is 5.26 Å². The maximum atomic E-state index is 12.6. The van der Waals surface area contributed by atoms with Gasteiger partial charge in [-0.05, 0) is 67.6 Å². The molecule has 0 heterocycles. The van der Waals surface area contributed by atoms with Gasteiger partial charge in [0.25, 0.3) is 5.91 Å². The molecule has 0 atom stereocenters. The highest BCUT2D eigenvalue weighted by atomic mass is 35.5. The minimum absolute atomic E-state index is 0.0383. The minimum atomic E-state index is -4.14. The number of halogens is 1. The van der Waals surface area contributed by atoms with Gasteiger partial charge in [0.2, 0.25) is 0 Å². The lowest BCUT2D eigenvalue weighted by Crippen LogP contribution is -2.14. The van der Waals surface area contributed by atoms with Crippen molar-refractivity contribution in [3.05, 3.63) is 89.0 Å². The number of anilines is 1. The van der Waals surface area contributed by atoms with Crippen LogP contribution in [0.5, 0.6) is 11.5 Å². The molecule has 3 rings (SSSR count). The van der Waals surface area contributed by atoms with Gasteiger partial charge in [-0.3, -0.25) is 4.79 Å². The average molecular weight is 483 g/mol. The van der Waals surface area contributed by atoms with Crippen molar-refractivity contribution in [2.24, 2.45) is 0 Å². The zero-order chi connectivity index (χ0) is 23.8. The number of carbonyl (C=O) groups is 1. The first kappa shape index (κ1) is 23.9. The highest BCUT2D eigenvalue weighted by Gasteiger charge is 2.19. The Morgan fingerprint density at radius 3 is 2.42 bits per heavy atom. The maximum Gasteiger partial charge on any atom is 0.339 e. The lowest BCUT2D eigenvalue weighted by atomic mass is 10.1. The summed E-state index contributed by atoms with van der Waals surface area (Å²) >= 11 is 6.05. The number of hydrogen-bond donors (Lipinski definition) is 1. The maximum absolute atomic E-state index is 12.6. The van der Waals surface area contributed by atoms with Gasteiger partial charge in [0.05, 0.1) is 6.61 Å². The first-order chi connectivity index (χ1) is 15.8. The molecule has 0 fully saturated rings. The molecule has 7 nitrogen and oxygen atoms in total. The SMILES string of the molecule is CCOc1ccc(NC(=O)/C(C#N)=C/c2cc(Cl)ccc2OS(=O)(=O)c2ccccc2)cc1. The molecule has 0 aliphatic rings. The van der Waals surface area contributed by atoms with Crippen LogP contribution in [-0.4, -0.2) is 20.9 Å². The zero-order valence-corrected chi connectivity index (χ0v) is 19.1. The van der Waals surface area contributed by atoms with Crippen molar-refractivity contribution < 1.29 is 22.1 Å². The summed E-state index contributed by atoms with van der Waals surface area (Å²) < 4.78 is 35.9. The van der Waals surface area contributed by atoms with Crippen LogP contribution in [0.2, 0.25) is 5.02 Å². The van der Waals surface area contributed by atoms with E-state index in [1.807, 2.05) is 13.0 Å². The molecule has 0 aliphatic carbocycles. The van der Waals surface area contributed by atoms with Crippen molar-refractivity contribution in [3.63, 3.8) is 0 Å². The van der Waals surface area contributed by atoms with Gasteiger partial charge in [0.15, 0.2) is 0 Å². The number of nitriles is 1. The first-order valence-corrected chi connectivity index (χ1v) is 11.6. The van der Waals surface area contributed by atoms with Crippen LogP contribution >= 0.6 is 11.6 Å². The van der Waals surface area contributed by atoms with Crippen molar-refractivity contribution in [2.45, 2.75) is 11.8 Å².